The predicted molar refractivity (Wildman–Crippen MR) is 77.9 cm³/mol. The van der Waals surface area contributed by atoms with Crippen molar-refractivity contribution in [1.29, 1.82) is 0 Å². The van der Waals surface area contributed by atoms with Crippen LogP contribution in [0.5, 0.6) is 0 Å². The van der Waals surface area contributed by atoms with Crippen LogP contribution in [0.25, 0.3) is 12.2 Å². The molecule has 0 heterocycles. The predicted octanol–water partition coefficient (Wildman–Crippen LogP) is 3.44. The van der Waals surface area contributed by atoms with Crippen molar-refractivity contribution >= 4 is 29.7 Å². The standard InChI is InChI=1S/C16H12ClNO/c17-12-8-7-11-6-5-10-3-1-2-4-13(10)15(16(18)19)14(11)9-12/h1-9,15H,(H2,18,19)/t15-/m1/s1. The lowest BCUT2D eigenvalue weighted by molar-refractivity contribution is -0.118. The summed E-state index contributed by atoms with van der Waals surface area (Å²) in [6, 6.07) is 13.3. The minimum atomic E-state index is -0.458. The highest BCUT2D eigenvalue weighted by molar-refractivity contribution is 6.30. The molecule has 0 radical (unpaired) electrons. The van der Waals surface area contributed by atoms with Crippen LogP contribution in [0.1, 0.15) is 28.2 Å². The molecule has 94 valence electrons. The van der Waals surface area contributed by atoms with E-state index in [0.717, 1.165) is 22.3 Å². The number of primary amides is 1. The smallest absolute Gasteiger partial charge is 0.229 e. The van der Waals surface area contributed by atoms with Gasteiger partial charge in [0.05, 0.1) is 5.92 Å². The summed E-state index contributed by atoms with van der Waals surface area (Å²) in [5.41, 5.74) is 9.38. The summed E-state index contributed by atoms with van der Waals surface area (Å²) in [6.45, 7) is 0. The maximum atomic E-state index is 11.9. The van der Waals surface area contributed by atoms with Gasteiger partial charge in [-0.25, -0.2) is 0 Å². The van der Waals surface area contributed by atoms with Gasteiger partial charge in [0.25, 0.3) is 0 Å². The van der Waals surface area contributed by atoms with Crippen molar-refractivity contribution in [2.75, 3.05) is 0 Å². The molecule has 1 aliphatic carbocycles. The van der Waals surface area contributed by atoms with Crippen molar-refractivity contribution in [2.45, 2.75) is 5.92 Å². The number of fused-ring (bicyclic) bond motifs is 2. The number of halogens is 1. The molecule has 0 aliphatic heterocycles. The minimum absolute atomic E-state index is 0.361. The molecule has 2 aromatic carbocycles. The van der Waals surface area contributed by atoms with Crippen molar-refractivity contribution in [1.82, 2.24) is 0 Å². The number of carbonyl (C=O) groups excluding carboxylic acids is 1. The van der Waals surface area contributed by atoms with Crippen molar-refractivity contribution in [3.63, 3.8) is 0 Å². The second kappa shape index (κ2) is 4.56. The number of benzene rings is 2. The monoisotopic (exact) mass is 269 g/mol. The van der Waals surface area contributed by atoms with E-state index >= 15 is 0 Å². The number of hydrogen-bond acceptors (Lipinski definition) is 1. The van der Waals surface area contributed by atoms with Crippen LogP contribution in [0, 0.1) is 0 Å². The molecule has 0 spiro atoms. The Balaban J connectivity index is 2.31. The molecule has 2 N–H and O–H groups in total. The Labute approximate surface area is 116 Å². The first kappa shape index (κ1) is 12.0. The van der Waals surface area contributed by atoms with E-state index in [0.29, 0.717) is 5.02 Å². The van der Waals surface area contributed by atoms with Gasteiger partial charge in [-0.2, -0.15) is 0 Å². The maximum Gasteiger partial charge on any atom is 0.229 e. The average molecular weight is 270 g/mol. The van der Waals surface area contributed by atoms with Crippen molar-refractivity contribution in [3.05, 3.63) is 69.7 Å². The summed E-state index contributed by atoms with van der Waals surface area (Å²) < 4.78 is 0. The minimum Gasteiger partial charge on any atom is -0.369 e. The normalized spacial score (nSPS) is 16.4. The van der Waals surface area contributed by atoms with Crippen LogP contribution in [-0.4, -0.2) is 5.91 Å². The van der Waals surface area contributed by atoms with E-state index in [2.05, 4.69) is 0 Å². The fourth-order valence-electron chi connectivity index (χ4n) is 2.53. The number of amides is 1. The van der Waals surface area contributed by atoms with E-state index in [1.54, 1.807) is 0 Å². The van der Waals surface area contributed by atoms with Crippen LogP contribution in [0.2, 0.25) is 5.02 Å². The highest BCUT2D eigenvalue weighted by Crippen LogP contribution is 2.35. The molecule has 3 rings (SSSR count). The van der Waals surface area contributed by atoms with Crippen molar-refractivity contribution in [2.24, 2.45) is 5.73 Å². The van der Waals surface area contributed by atoms with Crippen LogP contribution < -0.4 is 5.73 Å². The number of hydrogen-bond donors (Lipinski definition) is 1. The van der Waals surface area contributed by atoms with Gasteiger partial charge >= 0.3 is 0 Å². The first-order valence-corrected chi connectivity index (χ1v) is 6.40. The van der Waals surface area contributed by atoms with Gasteiger partial charge in [-0.1, -0.05) is 54.1 Å². The Morgan fingerprint density at radius 3 is 2.42 bits per heavy atom. The third-order valence-corrected chi connectivity index (χ3v) is 3.63. The molecular formula is C16H12ClNO. The Morgan fingerprint density at radius 2 is 1.68 bits per heavy atom. The summed E-state index contributed by atoms with van der Waals surface area (Å²) in [5.74, 6) is -0.820. The molecule has 0 bridgehead atoms. The van der Waals surface area contributed by atoms with Crippen LogP contribution in [0.3, 0.4) is 0 Å². The molecule has 1 amide bonds. The molecule has 0 fully saturated rings. The van der Waals surface area contributed by atoms with Crippen LogP contribution in [-0.2, 0) is 4.79 Å². The van der Waals surface area contributed by atoms with Crippen LogP contribution in [0.4, 0.5) is 0 Å². The van der Waals surface area contributed by atoms with Gasteiger partial charge in [0.2, 0.25) is 5.91 Å². The fourth-order valence-corrected chi connectivity index (χ4v) is 2.71. The third kappa shape index (κ3) is 2.04. The first-order chi connectivity index (χ1) is 9.16. The van der Waals surface area contributed by atoms with Gasteiger partial charge in [-0.15, -0.1) is 0 Å². The molecule has 2 aromatic rings. The molecule has 0 saturated heterocycles. The van der Waals surface area contributed by atoms with Crippen molar-refractivity contribution < 1.29 is 4.79 Å². The summed E-state index contributed by atoms with van der Waals surface area (Å²) in [6.07, 6.45) is 4.00. The van der Waals surface area contributed by atoms with Gasteiger partial charge in [-0.3, -0.25) is 4.79 Å². The Kier molecular flexibility index (Phi) is 2.88. The maximum absolute atomic E-state index is 11.9. The number of carbonyl (C=O) groups is 1. The van der Waals surface area contributed by atoms with E-state index in [9.17, 15) is 4.79 Å². The number of rotatable bonds is 1. The second-order valence-electron chi connectivity index (χ2n) is 4.57. The van der Waals surface area contributed by atoms with Crippen LogP contribution in [0.15, 0.2) is 42.5 Å². The van der Waals surface area contributed by atoms with E-state index in [1.165, 1.54) is 0 Å². The molecule has 3 heteroatoms. The van der Waals surface area contributed by atoms with Gasteiger partial charge in [-0.05, 0) is 34.4 Å². The third-order valence-electron chi connectivity index (χ3n) is 3.39. The largest absolute Gasteiger partial charge is 0.369 e. The molecule has 0 aromatic heterocycles. The fraction of sp³-hybridized carbons (Fsp3) is 0.0625. The molecule has 0 saturated carbocycles. The zero-order chi connectivity index (χ0) is 13.4. The summed E-state index contributed by atoms with van der Waals surface area (Å²) >= 11 is 6.05. The summed E-state index contributed by atoms with van der Waals surface area (Å²) in [4.78, 5) is 11.9. The van der Waals surface area contributed by atoms with Gasteiger partial charge in [0, 0.05) is 5.02 Å². The summed E-state index contributed by atoms with van der Waals surface area (Å²) in [7, 11) is 0. The van der Waals surface area contributed by atoms with E-state index in [1.807, 2.05) is 54.6 Å². The molecular weight excluding hydrogens is 258 g/mol. The Morgan fingerprint density at radius 1 is 1.00 bits per heavy atom. The van der Waals surface area contributed by atoms with Crippen molar-refractivity contribution in [3.8, 4) is 0 Å². The topological polar surface area (TPSA) is 43.1 Å². The van der Waals surface area contributed by atoms with Gasteiger partial charge in [0.15, 0.2) is 0 Å². The lowest BCUT2D eigenvalue weighted by Gasteiger charge is -2.17. The molecule has 1 aliphatic rings. The first-order valence-electron chi connectivity index (χ1n) is 6.02. The zero-order valence-corrected chi connectivity index (χ0v) is 10.9. The highest BCUT2D eigenvalue weighted by atomic mass is 35.5. The Hall–Kier alpha value is -2.06. The molecule has 2 nitrogen and oxygen atoms in total. The Bertz CT molecular complexity index is 691. The van der Waals surface area contributed by atoms with E-state index < -0.39 is 5.92 Å². The van der Waals surface area contributed by atoms with E-state index in [4.69, 9.17) is 17.3 Å². The average Bonchev–Trinajstić information content (AvgIpc) is 2.54. The van der Waals surface area contributed by atoms with Gasteiger partial charge in [0.1, 0.15) is 0 Å². The summed E-state index contributed by atoms with van der Waals surface area (Å²) in [5, 5.41) is 0.609. The second-order valence-corrected chi connectivity index (χ2v) is 5.01. The lowest BCUT2D eigenvalue weighted by Crippen LogP contribution is -2.23. The quantitative estimate of drug-likeness (QED) is 0.847. The molecule has 19 heavy (non-hydrogen) atoms. The molecule has 0 unspecified atom stereocenters. The number of nitrogens with two attached hydrogens (primary N) is 1. The highest BCUT2D eigenvalue weighted by Gasteiger charge is 2.26. The van der Waals surface area contributed by atoms with E-state index in [-0.39, 0.29) is 5.91 Å². The molecule has 1 atom stereocenters. The lowest BCUT2D eigenvalue weighted by atomic mass is 9.87. The SMILES string of the molecule is NC(=O)[C@@H]1c2ccccc2C=Cc2ccc(Cl)cc21. The van der Waals surface area contributed by atoms with Gasteiger partial charge < -0.3 is 5.73 Å². The van der Waals surface area contributed by atoms with Crippen LogP contribution >= 0.6 is 11.6 Å². The zero-order valence-electron chi connectivity index (χ0n) is 10.1.